The highest BCUT2D eigenvalue weighted by molar-refractivity contribution is 5.94. The lowest BCUT2D eigenvalue weighted by molar-refractivity contribution is -0.156. The van der Waals surface area contributed by atoms with Crippen LogP contribution < -0.4 is 10.6 Å². The van der Waals surface area contributed by atoms with Crippen LogP contribution in [0.5, 0.6) is 0 Å². The Bertz CT molecular complexity index is 726. The molecule has 5 nitrogen and oxygen atoms in total. The first-order chi connectivity index (χ1) is 10.8. The number of halogens is 3. The van der Waals surface area contributed by atoms with Gasteiger partial charge in [0.2, 0.25) is 5.91 Å². The molecule has 1 aromatic heterocycles. The number of rotatable bonds is 2. The van der Waals surface area contributed by atoms with E-state index in [2.05, 4.69) is 20.0 Å². The minimum atomic E-state index is -4.63. The number of aromatic nitrogens is 1. The summed E-state index contributed by atoms with van der Waals surface area (Å²) >= 11 is 0. The van der Waals surface area contributed by atoms with Crippen LogP contribution in [-0.4, -0.2) is 23.5 Å². The number of hydrogen-bond acceptors (Lipinski definition) is 4. The van der Waals surface area contributed by atoms with Crippen molar-refractivity contribution in [2.75, 3.05) is 11.9 Å². The first-order valence-electron chi connectivity index (χ1n) is 7.35. The lowest BCUT2D eigenvalue weighted by Crippen LogP contribution is -2.40. The number of amides is 1. The number of anilines is 1. The van der Waals surface area contributed by atoms with Crippen LogP contribution >= 0.6 is 0 Å². The van der Waals surface area contributed by atoms with Gasteiger partial charge in [-0.15, -0.1) is 0 Å². The fourth-order valence-electron chi connectivity index (χ4n) is 2.74. The quantitative estimate of drug-likeness (QED) is 0.889. The van der Waals surface area contributed by atoms with Gasteiger partial charge in [-0.3, -0.25) is 4.79 Å². The van der Waals surface area contributed by atoms with E-state index in [1.165, 1.54) is 18.2 Å². The summed E-state index contributed by atoms with van der Waals surface area (Å²) in [6.45, 7) is 2.79. The molecule has 0 radical (unpaired) electrons. The Kier molecular flexibility index (Phi) is 4.01. The van der Waals surface area contributed by atoms with Gasteiger partial charge in [0, 0.05) is 17.6 Å². The van der Waals surface area contributed by atoms with Crippen LogP contribution in [-0.2, 0) is 11.0 Å². The molecule has 1 fully saturated rings. The van der Waals surface area contributed by atoms with Crippen molar-refractivity contribution in [1.82, 2.24) is 10.3 Å². The molecule has 1 aliphatic rings. The van der Waals surface area contributed by atoms with Gasteiger partial charge in [0.15, 0.2) is 5.58 Å². The molecule has 8 heteroatoms. The summed E-state index contributed by atoms with van der Waals surface area (Å²) in [5.74, 6) is -1.52. The monoisotopic (exact) mass is 327 g/mol. The molecular weight excluding hydrogens is 311 g/mol. The minimum absolute atomic E-state index is 0.0332. The first-order valence-corrected chi connectivity index (χ1v) is 7.35. The van der Waals surface area contributed by atoms with E-state index in [1.807, 2.05) is 6.92 Å². The molecule has 124 valence electrons. The summed E-state index contributed by atoms with van der Waals surface area (Å²) in [6.07, 6.45) is -3.16. The van der Waals surface area contributed by atoms with Gasteiger partial charge in [0.25, 0.3) is 0 Å². The maximum atomic E-state index is 12.6. The number of carbonyl (C=O) groups is 1. The van der Waals surface area contributed by atoms with Crippen molar-refractivity contribution in [3.8, 4) is 0 Å². The van der Waals surface area contributed by atoms with Crippen molar-refractivity contribution in [3.05, 3.63) is 24.1 Å². The van der Waals surface area contributed by atoms with E-state index < -0.39 is 12.1 Å². The van der Waals surface area contributed by atoms with E-state index in [0.29, 0.717) is 5.69 Å². The summed E-state index contributed by atoms with van der Waals surface area (Å²) in [4.78, 5) is 15.7. The second kappa shape index (κ2) is 5.84. The summed E-state index contributed by atoms with van der Waals surface area (Å²) in [5.41, 5.74) is 0.510. The van der Waals surface area contributed by atoms with Gasteiger partial charge in [-0.1, -0.05) is 0 Å². The Morgan fingerprint density at radius 3 is 2.91 bits per heavy atom. The number of alkyl halides is 3. The zero-order valence-corrected chi connectivity index (χ0v) is 12.4. The fraction of sp³-hybridized carbons (Fsp3) is 0.467. The second-order valence-corrected chi connectivity index (χ2v) is 5.77. The molecule has 0 aliphatic carbocycles. The minimum Gasteiger partial charge on any atom is -0.433 e. The zero-order valence-electron chi connectivity index (χ0n) is 12.4. The van der Waals surface area contributed by atoms with Gasteiger partial charge in [0.1, 0.15) is 5.52 Å². The summed E-state index contributed by atoms with van der Waals surface area (Å²) in [7, 11) is 0. The average molecular weight is 327 g/mol. The normalized spacial score (nSPS) is 22.3. The SMILES string of the molecule is C[C@H]1C[C@@H](C(=O)Nc2ccc3oc(C(F)(F)F)nc3c2)CCN1. The van der Waals surface area contributed by atoms with Crippen molar-refractivity contribution in [2.45, 2.75) is 32.0 Å². The van der Waals surface area contributed by atoms with E-state index in [9.17, 15) is 18.0 Å². The zero-order chi connectivity index (χ0) is 16.6. The predicted octanol–water partition coefficient (Wildman–Crippen LogP) is 3.17. The van der Waals surface area contributed by atoms with Crippen LogP contribution in [0.2, 0.25) is 0 Å². The lowest BCUT2D eigenvalue weighted by atomic mass is 9.92. The first kappa shape index (κ1) is 15.8. The molecule has 2 atom stereocenters. The Hall–Kier alpha value is -2.09. The summed E-state index contributed by atoms with van der Waals surface area (Å²) < 4.78 is 42.4. The van der Waals surface area contributed by atoms with Crippen LogP contribution in [0.25, 0.3) is 11.1 Å². The molecule has 3 rings (SSSR count). The molecule has 2 aromatic rings. The standard InChI is InChI=1S/C15H16F3N3O2/c1-8-6-9(4-5-19-8)13(22)20-10-2-3-12-11(7-10)21-14(23-12)15(16,17)18/h2-3,7-9,19H,4-6H2,1H3,(H,20,22)/t8-,9-/m0/s1. The highest BCUT2D eigenvalue weighted by Crippen LogP contribution is 2.32. The van der Waals surface area contributed by atoms with Crippen LogP contribution in [0.1, 0.15) is 25.7 Å². The van der Waals surface area contributed by atoms with Crippen molar-refractivity contribution in [1.29, 1.82) is 0 Å². The molecule has 0 saturated carbocycles. The number of carbonyl (C=O) groups excluding carboxylic acids is 1. The summed E-state index contributed by atoms with van der Waals surface area (Å²) in [6, 6.07) is 4.54. The molecule has 1 aliphatic heterocycles. The van der Waals surface area contributed by atoms with Gasteiger partial charge in [0.05, 0.1) is 0 Å². The number of hydrogen-bond donors (Lipinski definition) is 2. The van der Waals surface area contributed by atoms with Gasteiger partial charge in [-0.2, -0.15) is 13.2 Å². The Morgan fingerprint density at radius 1 is 1.43 bits per heavy atom. The number of nitrogens with one attached hydrogen (secondary N) is 2. The van der Waals surface area contributed by atoms with Crippen molar-refractivity contribution in [3.63, 3.8) is 0 Å². The van der Waals surface area contributed by atoms with Gasteiger partial charge in [-0.25, -0.2) is 4.98 Å². The molecule has 1 aromatic carbocycles. The van der Waals surface area contributed by atoms with E-state index in [-0.39, 0.29) is 29.0 Å². The predicted molar refractivity (Wildman–Crippen MR) is 77.8 cm³/mol. The van der Waals surface area contributed by atoms with Gasteiger partial charge >= 0.3 is 12.1 Å². The average Bonchev–Trinajstić information content (AvgIpc) is 2.90. The number of benzene rings is 1. The number of fused-ring (bicyclic) bond motifs is 1. The Balaban J connectivity index is 1.76. The Morgan fingerprint density at radius 2 is 2.22 bits per heavy atom. The summed E-state index contributed by atoms with van der Waals surface area (Å²) in [5, 5.41) is 6.01. The molecule has 0 bridgehead atoms. The molecule has 0 spiro atoms. The molecule has 1 saturated heterocycles. The second-order valence-electron chi connectivity index (χ2n) is 5.77. The third kappa shape index (κ3) is 3.47. The van der Waals surface area contributed by atoms with E-state index >= 15 is 0 Å². The topological polar surface area (TPSA) is 67.2 Å². The molecule has 23 heavy (non-hydrogen) atoms. The molecule has 0 unspecified atom stereocenters. The molecular formula is C15H16F3N3O2. The molecule has 2 heterocycles. The highest BCUT2D eigenvalue weighted by atomic mass is 19.4. The molecule has 2 N–H and O–H groups in total. The lowest BCUT2D eigenvalue weighted by Gasteiger charge is -2.27. The van der Waals surface area contributed by atoms with Crippen molar-refractivity contribution in [2.24, 2.45) is 5.92 Å². The molecule has 1 amide bonds. The maximum Gasteiger partial charge on any atom is 0.468 e. The third-order valence-corrected chi connectivity index (χ3v) is 3.89. The van der Waals surface area contributed by atoms with E-state index in [1.54, 1.807) is 0 Å². The third-order valence-electron chi connectivity index (χ3n) is 3.89. The van der Waals surface area contributed by atoms with Crippen LogP contribution in [0.15, 0.2) is 22.6 Å². The number of piperidine rings is 1. The maximum absolute atomic E-state index is 12.6. The largest absolute Gasteiger partial charge is 0.468 e. The van der Waals surface area contributed by atoms with E-state index in [0.717, 1.165) is 19.4 Å². The van der Waals surface area contributed by atoms with Gasteiger partial charge in [-0.05, 0) is 44.5 Å². The van der Waals surface area contributed by atoms with Crippen LogP contribution in [0.4, 0.5) is 18.9 Å². The van der Waals surface area contributed by atoms with E-state index in [4.69, 9.17) is 0 Å². The van der Waals surface area contributed by atoms with Crippen LogP contribution in [0, 0.1) is 5.92 Å². The smallest absolute Gasteiger partial charge is 0.433 e. The van der Waals surface area contributed by atoms with Crippen LogP contribution in [0.3, 0.4) is 0 Å². The van der Waals surface area contributed by atoms with Crippen molar-refractivity contribution < 1.29 is 22.4 Å². The fourth-order valence-corrected chi connectivity index (χ4v) is 2.74. The highest BCUT2D eigenvalue weighted by Gasteiger charge is 2.37. The number of nitrogens with zero attached hydrogens (tertiary/aromatic N) is 1. The van der Waals surface area contributed by atoms with Gasteiger partial charge < -0.3 is 15.1 Å². The number of oxazole rings is 1. The Labute approximate surface area is 130 Å². The van der Waals surface area contributed by atoms with Crippen molar-refractivity contribution >= 4 is 22.7 Å².